The molecule has 0 bridgehead atoms. The Hall–Kier alpha value is -4.89. The molecule has 0 unspecified atom stereocenters. The van der Waals surface area contributed by atoms with Crippen molar-refractivity contribution in [3.8, 4) is 0 Å². The second-order valence-electron chi connectivity index (χ2n) is 8.04. The van der Waals surface area contributed by atoms with Gasteiger partial charge in [0.1, 0.15) is 0 Å². The highest BCUT2D eigenvalue weighted by atomic mass is 32.2. The summed E-state index contributed by atoms with van der Waals surface area (Å²) in [5.74, 6) is -3.31. The van der Waals surface area contributed by atoms with Crippen LogP contribution in [0.1, 0.15) is 31.1 Å². The summed E-state index contributed by atoms with van der Waals surface area (Å²) in [5, 5.41) is 21.1. The van der Waals surface area contributed by atoms with Crippen LogP contribution < -0.4 is 10.2 Å². The Labute approximate surface area is 222 Å². The summed E-state index contributed by atoms with van der Waals surface area (Å²) in [7, 11) is 0. The van der Waals surface area contributed by atoms with Crippen LogP contribution in [-0.2, 0) is 4.79 Å². The first-order valence-corrected chi connectivity index (χ1v) is 12.4. The minimum absolute atomic E-state index is 0.101. The average molecular weight is 527 g/mol. The molecule has 0 fully saturated rings. The van der Waals surface area contributed by atoms with Crippen molar-refractivity contribution in [1.82, 2.24) is 0 Å². The van der Waals surface area contributed by atoms with E-state index in [0.717, 1.165) is 22.3 Å². The number of amides is 2. The molecule has 38 heavy (non-hydrogen) atoms. The summed E-state index contributed by atoms with van der Waals surface area (Å²) < 4.78 is 0. The Morgan fingerprint density at radius 2 is 1.26 bits per heavy atom. The van der Waals surface area contributed by atoms with Gasteiger partial charge in [0, 0.05) is 22.0 Å². The fourth-order valence-corrected chi connectivity index (χ4v) is 4.43. The molecule has 4 aromatic carbocycles. The third-order valence-electron chi connectivity index (χ3n) is 5.49. The number of carbonyl (C=O) groups is 4. The topological polar surface area (TPSA) is 124 Å². The fourth-order valence-electron chi connectivity index (χ4n) is 3.69. The van der Waals surface area contributed by atoms with E-state index in [1.807, 2.05) is 60.7 Å². The lowest BCUT2D eigenvalue weighted by atomic mass is 10.0. The van der Waals surface area contributed by atoms with E-state index in [1.54, 1.807) is 29.2 Å². The lowest BCUT2D eigenvalue weighted by molar-refractivity contribution is -0.115. The van der Waals surface area contributed by atoms with Gasteiger partial charge >= 0.3 is 11.9 Å². The van der Waals surface area contributed by atoms with Crippen molar-refractivity contribution in [3.63, 3.8) is 0 Å². The highest BCUT2D eigenvalue weighted by Gasteiger charge is 2.20. The fraction of sp³-hybridized carbons (Fsp3) is 0.0345. The maximum absolute atomic E-state index is 13.2. The molecule has 4 rings (SSSR count). The second kappa shape index (κ2) is 11.9. The number of carboxylic acids is 2. The molecule has 0 saturated carbocycles. The van der Waals surface area contributed by atoms with Gasteiger partial charge < -0.3 is 15.5 Å². The number of hydrogen-bond acceptors (Lipinski definition) is 5. The largest absolute Gasteiger partial charge is 0.478 e. The first kappa shape index (κ1) is 26.2. The van der Waals surface area contributed by atoms with E-state index < -0.39 is 23.4 Å². The number of aromatic carboxylic acids is 2. The smallest absolute Gasteiger partial charge is 0.336 e. The van der Waals surface area contributed by atoms with Gasteiger partial charge in [0.25, 0.3) is 5.91 Å². The number of carbonyl (C=O) groups excluding carboxylic acids is 2. The normalized spacial score (nSPS) is 10.4. The summed E-state index contributed by atoms with van der Waals surface area (Å²) in [6, 6.07) is 28.8. The SMILES string of the molecule is O=C(O)c1ccc(C(=O)Nc2ccc(SCC(=O)N(c3ccccc3)c3ccccc3)cc2)c(C(=O)O)c1. The minimum Gasteiger partial charge on any atom is -0.478 e. The molecule has 0 atom stereocenters. The highest BCUT2D eigenvalue weighted by molar-refractivity contribution is 8.00. The molecular formula is C29H22N2O6S. The lowest BCUT2D eigenvalue weighted by Crippen LogP contribution is -2.27. The number of para-hydroxylation sites is 2. The van der Waals surface area contributed by atoms with Crippen molar-refractivity contribution in [2.24, 2.45) is 0 Å². The van der Waals surface area contributed by atoms with E-state index in [2.05, 4.69) is 5.32 Å². The Balaban J connectivity index is 1.43. The lowest BCUT2D eigenvalue weighted by Gasteiger charge is -2.23. The van der Waals surface area contributed by atoms with E-state index in [9.17, 15) is 24.3 Å². The molecule has 0 radical (unpaired) electrons. The van der Waals surface area contributed by atoms with Crippen LogP contribution in [-0.4, -0.2) is 39.7 Å². The van der Waals surface area contributed by atoms with Crippen LogP contribution >= 0.6 is 11.8 Å². The van der Waals surface area contributed by atoms with Gasteiger partial charge in [-0.1, -0.05) is 36.4 Å². The van der Waals surface area contributed by atoms with E-state index in [-0.39, 0.29) is 22.8 Å². The van der Waals surface area contributed by atoms with Crippen LogP contribution in [0, 0.1) is 0 Å². The van der Waals surface area contributed by atoms with E-state index >= 15 is 0 Å². The molecule has 0 aliphatic carbocycles. The highest BCUT2D eigenvalue weighted by Crippen LogP contribution is 2.28. The van der Waals surface area contributed by atoms with Gasteiger partial charge in [-0.2, -0.15) is 0 Å². The minimum atomic E-state index is -1.41. The third-order valence-corrected chi connectivity index (χ3v) is 6.49. The van der Waals surface area contributed by atoms with Gasteiger partial charge in [-0.3, -0.25) is 14.5 Å². The van der Waals surface area contributed by atoms with Crippen molar-refractivity contribution in [2.45, 2.75) is 4.90 Å². The monoisotopic (exact) mass is 526 g/mol. The van der Waals surface area contributed by atoms with Crippen LogP contribution in [0.5, 0.6) is 0 Å². The summed E-state index contributed by atoms with van der Waals surface area (Å²) in [6.07, 6.45) is 0. The standard InChI is InChI=1S/C29H22N2O6S/c32-26(31(21-7-3-1-4-8-21)22-9-5-2-6-10-22)18-38-23-14-12-20(13-15-23)30-27(33)24-16-11-19(28(34)35)17-25(24)29(36)37/h1-17H,18H2,(H,30,33)(H,34,35)(H,36,37). The van der Waals surface area contributed by atoms with Gasteiger partial charge in [-0.15, -0.1) is 11.8 Å². The van der Waals surface area contributed by atoms with E-state index in [0.29, 0.717) is 5.69 Å². The molecule has 0 aliphatic rings. The van der Waals surface area contributed by atoms with Gasteiger partial charge in [0.2, 0.25) is 5.91 Å². The number of thioether (sulfide) groups is 1. The van der Waals surface area contributed by atoms with Crippen molar-refractivity contribution >= 4 is 52.6 Å². The van der Waals surface area contributed by atoms with Crippen molar-refractivity contribution in [3.05, 3.63) is 120 Å². The molecule has 0 saturated heterocycles. The zero-order chi connectivity index (χ0) is 27.1. The molecule has 4 aromatic rings. The molecule has 190 valence electrons. The van der Waals surface area contributed by atoms with Crippen molar-refractivity contribution in [2.75, 3.05) is 16.0 Å². The quantitative estimate of drug-likeness (QED) is 0.236. The van der Waals surface area contributed by atoms with Crippen LogP contribution in [0.25, 0.3) is 0 Å². The van der Waals surface area contributed by atoms with Gasteiger partial charge in [0.05, 0.1) is 22.4 Å². The van der Waals surface area contributed by atoms with Crippen molar-refractivity contribution < 1.29 is 29.4 Å². The number of nitrogens with zero attached hydrogens (tertiary/aromatic N) is 1. The zero-order valence-electron chi connectivity index (χ0n) is 19.9. The van der Waals surface area contributed by atoms with Crippen LogP contribution in [0.4, 0.5) is 17.1 Å². The Morgan fingerprint density at radius 3 is 1.79 bits per heavy atom. The molecule has 0 heterocycles. The third kappa shape index (κ3) is 6.26. The summed E-state index contributed by atoms with van der Waals surface area (Å²) in [4.78, 5) is 51.0. The van der Waals surface area contributed by atoms with E-state index in [1.165, 1.54) is 23.9 Å². The van der Waals surface area contributed by atoms with Crippen LogP contribution in [0.15, 0.2) is 108 Å². The van der Waals surface area contributed by atoms with Gasteiger partial charge in [-0.05, 0) is 66.7 Å². The number of hydrogen-bond donors (Lipinski definition) is 3. The maximum Gasteiger partial charge on any atom is 0.336 e. The predicted molar refractivity (Wildman–Crippen MR) is 146 cm³/mol. The Kier molecular flexibility index (Phi) is 8.20. The summed E-state index contributed by atoms with van der Waals surface area (Å²) in [6.45, 7) is 0. The molecule has 0 aliphatic heterocycles. The maximum atomic E-state index is 13.2. The molecule has 0 spiro atoms. The number of carboxylic acid groups (broad SMARTS) is 2. The summed E-state index contributed by atoms with van der Waals surface area (Å²) in [5.41, 5.74) is 1.15. The Morgan fingerprint density at radius 1 is 0.684 bits per heavy atom. The van der Waals surface area contributed by atoms with E-state index in [4.69, 9.17) is 5.11 Å². The first-order valence-electron chi connectivity index (χ1n) is 11.4. The Bertz CT molecular complexity index is 1430. The molecule has 8 nitrogen and oxygen atoms in total. The first-order chi connectivity index (χ1) is 18.3. The molecule has 3 N–H and O–H groups in total. The molecule has 0 aromatic heterocycles. The molecule has 2 amide bonds. The van der Waals surface area contributed by atoms with Crippen molar-refractivity contribution in [1.29, 1.82) is 0 Å². The summed E-state index contributed by atoms with van der Waals surface area (Å²) >= 11 is 1.34. The van der Waals surface area contributed by atoms with Gasteiger partial charge in [0.15, 0.2) is 0 Å². The number of nitrogens with one attached hydrogen (secondary N) is 1. The number of rotatable bonds is 9. The average Bonchev–Trinajstić information content (AvgIpc) is 2.93. The molecule has 9 heteroatoms. The number of benzene rings is 4. The predicted octanol–water partition coefficient (Wildman–Crippen LogP) is 5.79. The molecular weight excluding hydrogens is 504 g/mol. The second-order valence-corrected chi connectivity index (χ2v) is 9.09. The number of anilines is 3. The van der Waals surface area contributed by atoms with Crippen LogP contribution in [0.2, 0.25) is 0 Å². The van der Waals surface area contributed by atoms with Crippen LogP contribution in [0.3, 0.4) is 0 Å². The van der Waals surface area contributed by atoms with Gasteiger partial charge in [-0.25, -0.2) is 9.59 Å². The zero-order valence-corrected chi connectivity index (χ0v) is 20.7.